The largest absolute Gasteiger partial charge is 0.481 e. The van der Waals surface area contributed by atoms with E-state index in [2.05, 4.69) is 10.1 Å². The zero-order chi connectivity index (χ0) is 10.1. The van der Waals surface area contributed by atoms with Crippen molar-refractivity contribution in [2.24, 2.45) is 0 Å². The van der Waals surface area contributed by atoms with Crippen LogP contribution in [0.1, 0.15) is 19.8 Å². The minimum Gasteiger partial charge on any atom is -0.481 e. The van der Waals surface area contributed by atoms with Crippen molar-refractivity contribution in [2.75, 3.05) is 19.7 Å². The van der Waals surface area contributed by atoms with Crippen LogP contribution in [0.15, 0.2) is 0 Å². The van der Waals surface area contributed by atoms with E-state index < -0.39 is 5.97 Å². The smallest absolute Gasteiger partial charge is 0.307 e. The molecule has 76 valence electrons. The molecule has 0 radical (unpaired) electrons. The Morgan fingerprint density at radius 3 is 2.46 bits per heavy atom. The highest BCUT2D eigenvalue weighted by atomic mass is 16.5. The molecule has 0 aliphatic heterocycles. The number of carbonyl (C=O) groups is 2. The Balaban J connectivity index is 3.16. The van der Waals surface area contributed by atoms with Gasteiger partial charge in [-0.1, -0.05) is 0 Å². The molecule has 0 unspecified atom stereocenters. The van der Waals surface area contributed by atoms with E-state index >= 15 is 0 Å². The zero-order valence-electron chi connectivity index (χ0n) is 7.71. The van der Waals surface area contributed by atoms with E-state index in [1.54, 1.807) is 6.92 Å². The summed E-state index contributed by atoms with van der Waals surface area (Å²) in [4.78, 5) is 20.8. The highest BCUT2D eigenvalue weighted by Crippen LogP contribution is 1.84. The Hall–Kier alpha value is -1.10. The number of nitrogens with one attached hydrogen (secondary N) is 1. The van der Waals surface area contributed by atoms with Crippen LogP contribution in [0.4, 0.5) is 0 Å². The number of carboxylic acid groups (broad SMARTS) is 1. The lowest BCUT2D eigenvalue weighted by atomic mass is 10.4. The second-order valence-corrected chi connectivity index (χ2v) is 2.45. The first-order chi connectivity index (χ1) is 6.16. The molecule has 13 heavy (non-hydrogen) atoms. The predicted octanol–water partition coefficient (Wildman–Crippen LogP) is 0.00390. The van der Waals surface area contributed by atoms with Crippen molar-refractivity contribution in [2.45, 2.75) is 19.8 Å². The van der Waals surface area contributed by atoms with Crippen LogP contribution >= 0.6 is 0 Å². The van der Waals surface area contributed by atoms with Gasteiger partial charge in [-0.2, -0.15) is 0 Å². The van der Waals surface area contributed by atoms with Gasteiger partial charge in [-0.3, -0.25) is 9.59 Å². The minimum atomic E-state index is -0.844. The third-order valence-electron chi connectivity index (χ3n) is 1.33. The van der Waals surface area contributed by atoms with E-state index in [4.69, 9.17) is 5.11 Å². The maximum atomic E-state index is 10.8. The summed E-state index contributed by atoms with van der Waals surface area (Å²) in [6.45, 7) is 2.98. The van der Waals surface area contributed by atoms with E-state index in [-0.39, 0.29) is 18.8 Å². The lowest BCUT2D eigenvalue weighted by Crippen LogP contribution is -2.22. The normalized spacial score (nSPS) is 9.62. The van der Waals surface area contributed by atoms with Crippen LogP contribution in [0.25, 0.3) is 0 Å². The Labute approximate surface area is 77.1 Å². The Kier molecular flexibility index (Phi) is 6.91. The molecule has 5 nitrogen and oxygen atoms in total. The SMILES string of the molecule is CCOC(=O)CCNCCC(=O)O. The van der Waals surface area contributed by atoms with Gasteiger partial charge < -0.3 is 15.2 Å². The van der Waals surface area contributed by atoms with Gasteiger partial charge in [-0.05, 0) is 6.92 Å². The molecule has 0 rings (SSSR count). The van der Waals surface area contributed by atoms with Crippen molar-refractivity contribution in [1.29, 1.82) is 0 Å². The van der Waals surface area contributed by atoms with Crippen molar-refractivity contribution in [3.8, 4) is 0 Å². The fraction of sp³-hybridized carbons (Fsp3) is 0.750. The monoisotopic (exact) mass is 189 g/mol. The predicted molar refractivity (Wildman–Crippen MR) is 46.4 cm³/mol. The lowest BCUT2D eigenvalue weighted by Gasteiger charge is -2.02. The number of esters is 1. The molecule has 0 atom stereocenters. The standard InChI is InChI=1S/C8H15NO4/c1-2-13-8(12)4-6-9-5-3-7(10)11/h9H,2-6H2,1H3,(H,10,11). The van der Waals surface area contributed by atoms with E-state index in [0.29, 0.717) is 19.7 Å². The first-order valence-electron chi connectivity index (χ1n) is 4.25. The summed E-state index contributed by atoms with van der Waals surface area (Å²) in [6.07, 6.45) is 0.357. The minimum absolute atomic E-state index is 0.0722. The van der Waals surface area contributed by atoms with Gasteiger partial charge in [0.2, 0.25) is 0 Å². The number of rotatable bonds is 7. The van der Waals surface area contributed by atoms with Crippen LogP contribution < -0.4 is 5.32 Å². The molecule has 0 spiro atoms. The Morgan fingerprint density at radius 2 is 1.92 bits per heavy atom. The first kappa shape index (κ1) is 11.9. The number of ether oxygens (including phenoxy) is 1. The molecular weight excluding hydrogens is 174 g/mol. The number of carboxylic acids is 1. The highest BCUT2D eigenvalue weighted by molar-refractivity contribution is 5.69. The molecule has 0 saturated heterocycles. The molecule has 0 aliphatic carbocycles. The summed E-state index contributed by atoms with van der Waals surface area (Å²) in [5, 5.41) is 11.1. The van der Waals surface area contributed by atoms with Crippen molar-refractivity contribution in [1.82, 2.24) is 5.32 Å². The first-order valence-corrected chi connectivity index (χ1v) is 4.25. The number of aliphatic carboxylic acids is 1. The van der Waals surface area contributed by atoms with Crippen molar-refractivity contribution < 1.29 is 19.4 Å². The van der Waals surface area contributed by atoms with Gasteiger partial charge >= 0.3 is 11.9 Å². The number of hydrogen-bond acceptors (Lipinski definition) is 4. The zero-order valence-corrected chi connectivity index (χ0v) is 7.71. The molecule has 0 fully saturated rings. The Bertz CT molecular complexity index is 170. The molecule has 0 bridgehead atoms. The van der Waals surface area contributed by atoms with E-state index in [1.807, 2.05) is 0 Å². The van der Waals surface area contributed by atoms with Gasteiger partial charge in [-0.25, -0.2) is 0 Å². The van der Waals surface area contributed by atoms with Gasteiger partial charge in [0.25, 0.3) is 0 Å². The molecule has 0 heterocycles. The molecule has 5 heteroatoms. The summed E-state index contributed by atoms with van der Waals surface area (Å²) < 4.78 is 4.67. The molecule has 0 aromatic rings. The molecule has 0 aliphatic rings. The third-order valence-corrected chi connectivity index (χ3v) is 1.33. The average Bonchev–Trinajstić information content (AvgIpc) is 2.03. The van der Waals surface area contributed by atoms with Gasteiger partial charge in [0.15, 0.2) is 0 Å². The molecule has 2 N–H and O–H groups in total. The van der Waals surface area contributed by atoms with Gasteiger partial charge in [0.05, 0.1) is 19.4 Å². The molecule has 0 amide bonds. The third kappa shape index (κ3) is 8.81. The van der Waals surface area contributed by atoms with Crippen molar-refractivity contribution in [3.05, 3.63) is 0 Å². The molecular formula is C8H15NO4. The second kappa shape index (κ2) is 7.54. The average molecular weight is 189 g/mol. The summed E-state index contributed by atoms with van der Waals surface area (Å²) >= 11 is 0. The van der Waals surface area contributed by atoms with E-state index in [0.717, 1.165) is 0 Å². The van der Waals surface area contributed by atoms with Crippen LogP contribution in [0.2, 0.25) is 0 Å². The molecule has 0 saturated carbocycles. The second-order valence-electron chi connectivity index (χ2n) is 2.45. The Morgan fingerprint density at radius 1 is 1.31 bits per heavy atom. The van der Waals surface area contributed by atoms with Gasteiger partial charge in [0.1, 0.15) is 0 Å². The topological polar surface area (TPSA) is 75.6 Å². The number of carbonyl (C=O) groups excluding carboxylic acids is 1. The van der Waals surface area contributed by atoms with E-state index in [1.165, 1.54) is 0 Å². The van der Waals surface area contributed by atoms with Gasteiger partial charge in [-0.15, -0.1) is 0 Å². The summed E-state index contributed by atoms with van der Waals surface area (Å²) in [6, 6.07) is 0. The van der Waals surface area contributed by atoms with Gasteiger partial charge in [0, 0.05) is 13.1 Å². The summed E-state index contributed by atoms with van der Waals surface area (Å²) in [5.41, 5.74) is 0. The lowest BCUT2D eigenvalue weighted by molar-refractivity contribution is -0.143. The van der Waals surface area contributed by atoms with Crippen molar-refractivity contribution >= 4 is 11.9 Å². The van der Waals surface area contributed by atoms with Crippen LogP contribution in [-0.4, -0.2) is 36.7 Å². The fourth-order valence-electron chi connectivity index (χ4n) is 0.744. The molecule has 0 aromatic heterocycles. The fourth-order valence-corrected chi connectivity index (χ4v) is 0.744. The maximum Gasteiger partial charge on any atom is 0.307 e. The number of hydrogen-bond donors (Lipinski definition) is 2. The summed E-state index contributed by atoms with van der Waals surface area (Å²) in [5.74, 6) is -1.10. The van der Waals surface area contributed by atoms with Crippen LogP contribution in [0.5, 0.6) is 0 Å². The highest BCUT2D eigenvalue weighted by Gasteiger charge is 2.00. The summed E-state index contributed by atoms with van der Waals surface area (Å²) in [7, 11) is 0. The van der Waals surface area contributed by atoms with E-state index in [9.17, 15) is 9.59 Å². The maximum absolute atomic E-state index is 10.8. The van der Waals surface area contributed by atoms with Crippen LogP contribution in [0, 0.1) is 0 Å². The van der Waals surface area contributed by atoms with Crippen LogP contribution in [-0.2, 0) is 14.3 Å². The quantitative estimate of drug-likeness (QED) is 0.435. The van der Waals surface area contributed by atoms with Crippen molar-refractivity contribution in [3.63, 3.8) is 0 Å². The molecule has 0 aromatic carbocycles. The van der Waals surface area contributed by atoms with Crippen LogP contribution in [0.3, 0.4) is 0 Å².